The van der Waals surface area contributed by atoms with Crippen LogP contribution in [0.25, 0.3) is 0 Å². The van der Waals surface area contributed by atoms with E-state index in [9.17, 15) is 14.0 Å². The lowest BCUT2D eigenvalue weighted by molar-refractivity contribution is -0.136. The maximum absolute atomic E-state index is 13.7. The number of amides is 2. The molecule has 2 aromatic carbocycles. The molecule has 0 saturated heterocycles. The third-order valence-corrected chi connectivity index (χ3v) is 3.51. The molecule has 0 spiro atoms. The molecule has 0 radical (unpaired) electrons. The molecule has 0 aliphatic heterocycles. The standard InChI is InChI=1S/C17H13ClFN3O2/c1-10-2-5-15(13(18)6-10)22-17(24)16(23)21-9-12-4-3-11(8-20)7-14(12)19/h2-7H,9H2,1H3,(H,21,23)(H,22,24). The van der Waals surface area contributed by atoms with E-state index in [-0.39, 0.29) is 17.7 Å². The summed E-state index contributed by atoms with van der Waals surface area (Å²) in [5.74, 6) is -2.46. The van der Waals surface area contributed by atoms with Crippen molar-refractivity contribution in [1.29, 1.82) is 5.26 Å². The molecule has 2 N–H and O–H groups in total. The Balaban J connectivity index is 1.97. The maximum atomic E-state index is 13.7. The Morgan fingerprint density at radius 2 is 1.96 bits per heavy atom. The van der Waals surface area contributed by atoms with Gasteiger partial charge >= 0.3 is 11.8 Å². The fourth-order valence-corrected chi connectivity index (χ4v) is 2.20. The molecule has 2 aromatic rings. The molecule has 0 atom stereocenters. The zero-order valence-electron chi connectivity index (χ0n) is 12.7. The van der Waals surface area contributed by atoms with E-state index in [1.807, 2.05) is 13.0 Å². The predicted octanol–water partition coefficient (Wildman–Crippen LogP) is 2.91. The average Bonchev–Trinajstić information content (AvgIpc) is 2.55. The van der Waals surface area contributed by atoms with Crippen molar-refractivity contribution in [1.82, 2.24) is 5.32 Å². The second-order valence-corrected chi connectivity index (χ2v) is 5.45. The molecule has 0 unspecified atom stereocenters. The van der Waals surface area contributed by atoms with E-state index in [2.05, 4.69) is 10.6 Å². The van der Waals surface area contributed by atoms with Crippen LogP contribution < -0.4 is 10.6 Å². The van der Waals surface area contributed by atoms with Gasteiger partial charge in [0.1, 0.15) is 5.82 Å². The molecule has 0 aliphatic carbocycles. The van der Waals surface area contributed by atoms with Gasteiger partial charge in [-0.2, -0.15) is 5.26 Å². The van der Waals surface area contributed by atoms with Crippen LogP contribution in [0.5, 0.6) is 0 Å². The minimum absolute atomic E-state index is 0.170. The molecular weight excluding hydrogens is 333 g/mol. The van der Waals surface area contributed by atoms with Gasteiger partial charge in [0.05, 0.1) is 22.3 Å². The fourth-order valence-electron chi connectivity index (χ4n) is 1.92. The van der Waals surface area contributed by atoms with E-state index >= 15 is 0 Å². The van der Waals surface area contributed by atoms with Crippen molar-refractivity contribution in [2.45, 2.75) is 13.5 Å². The van der Waals surface area contributed by atoms with Gasteiger partial charge in [-0.05, 0) is 36.8 Å². The second-order valence-electron chi connectivity index (χ2n) is 5.04. The summed E-state index contributed by atoms with van der Waals surface area (Å²) in [5.41, 5.74) is 1.57. The molecule has 0 heterocycles. The van der Waals surface area contributed by atoms with E-state index in [4.69, 9.17) is 16.9 Å². The SMILES string of the molecule is Cc1ccc(NC(=O)C(=O)NCc2ccc(C#N)cc2F)c(Cl)c1. The molecule has 0 fully saturated rings. The van der Waals surface area contributed by atoms with Crippen molar-refractivity contribution >= 4 is 29.1 Å². The van der Waals surface area contributed by atoms with Crippen LogP contribution in [0.15, 0.2) is 36.4 Å². The Kier molecular flexibility index (Phi) is 5.51. The number of aryl methyl sites for hydroxylation is 1. The maximum Gasteiger partial charge on any atom is 0.313 e. The third-order valence-electron chi connectivity index (χ3n) is 3.20. The number of halogens is 2. The summed E-state index contributed by atoms with van der Waals surface area (Å²) < 4.78 is 13.7. The predicted molar refractivity (Wildman–Crippen MR) is 87.8 cm³/mol. The van der Waals surface area contributed by atoms with Gasteiger partial charge in [0.2, 0.25) is 0 Å². The summed E-state index contributed by atoms with van der Waals surface area (Å²) in [6.45, 7) is 1.67. The number of nitrogens with one attached hydrogen (secondary N) is 2. The van der Waals surface area contributed by atoms with E-state index in [0.29, 0.717) is 10.7 Å². The fraction of sp³-hybridized carbons (Fsp3) is 0.118. The number of hydrogen-bond acceptors (Lipinski definition) is 3. The largest absolute Gasteiger partial charge is 0.344 e. The van der Waals surface area contributed by atoms with E-state index in [1.165, 1.54) is 12.1 Å². The van der Waals surface area contributed by atoms with E-state index in [0.717, 1.165) is 11.6 Å². The highest BCUT2D eigenvalue weighted by Gasteiger charge is 2.15. The number of hydrogen-bond donors (Lipinski definition) is 2. The zero-order chi connectivity index (χ0) is 17.7. The number of anilines is 1. The molecule has 122 valence electrons. The first kappa shape index (κ1) is 17.4. The number of carbonyl (C=O) groups is 2. The highest BCUT2D eigenvalue weighted by atomic mass is 35.5. The number of benzene rings is 2. The lowest BCUT2D eigenvalue weighted by atomic mass is 10.1. The quantitative estimate of drug-likeness (QED) is 0.839. The first-order valence-corrected chi connectivity index (χ1v) is 7.32. The summed E-state index contributed by atoms with van der Waals surface area (Å²) in [7, 11) is 0. The van der Waals surface area contributed by atoms with Gasteiger partial charge in [0.15, 0.2) is 0 Å². The normalized spacial score (nSPS) is 9.92. The zero-order valence-corrected chi connectivity index (χ0v) is 13.4. The molecule has 7 heteroatoms. The first-order chi connectivity index (χ1) is 11.4. The van der Waals surface area contributed by atoms with Gasteiger partial charge in [-0.3, -0.25) is 9.59 Å². The number of nitriles is 1. The Morgan fingerprint density at radius 1 is 1.21 bits per heavy atom. The first-order valence-electron chi connectivity index (χ1n) is 6.94. The minimum Gasteiger partial charge on any atom is -0.344 e. The molecule has 0 saturated carbocycles. The Labute approximate surface area is 143 Å². The van der Waals surface area contributed by atoms with Crippen LogP contribution in [0.3, 0.4) is 0 Å². The second kappa shape index (κ2) is 7.57. The molecular formula is C17H13ClFN3O2. The number of nitrogens with zero attached hydrogens (tertiary/aromatic N) is 1. The molecule has 5 nitrogen and oxygen atoms in total. The number of rotatable bonds is 3. The van der Waals surface area contributed by atoms with Crippen molar-refractivity contribution in [3.05, 3.63) is 63.9 Å². The van der Waals surface area contributed by atoms with Crippen molar-refractivity contribution in [3.63, 3.8) is 0 Å². The molecule has 0 bridgehead atoms. The van der Waals surface area contributed by atoms with Crippen LogP contribution in [-0.2, 0) is 16.1 Å². The monoisotopic (exact) mass is 345 g/mol. The van der Waals surface area contributed by atoms with E-state index < -0.39 is 17.6 Å². The van der Waals surface area contributed by atoms with E-state index in [1.54, 1.807) is 18.2 Å². The van der Waals surface area contributed by atoms with Crippen LogP contribution in [0.1, 0.15) is 16.7 Å². The van der Waals surface area contributed by atoms with Crippen LogP contribution in [-0.4, -0.2) is 11.8 Å². The van der Waals surface area contributed by atoms with Crippen molar-refractivity contribution in [2.24, 2.45) is 0 Å². The molecule has 2 amide bonds. The van der Waals surface area contributed by atoms with Crippen LogP contribution in [0.2, 0.25) is 5.02 Å². The molecule has 24 heavy (non-hydrogen) atoms. The van der Waals surface area contributed by atoms with Crippen LogP contribution in [0.4, 0.5) is 10.1 Å². The Morgan fingerprint density at radius 3 is 2.58 bits per heavy atom. The summed E-state index contributed by atoms with van der Waals surface area (Å²) >= 11 is 5.98. The Bertz CT molecular complexity index is 846. The van der Waals surface area contributed by atoms with Crippen molar-refractivity contribution < 1.29 is 14.0 Å². The van der Waals surface area contributed by atoms with Gasteiger partial charge in [-0.1, -0.05) is 23.7 Å². The summed E-state index contributed by atoms with van der Waals surface area (Å²) in [4.78, 5) is 23.6. The Hall–Kier alpha value is -2.91. The summed E-state index contributed by atoms with van der Waals surface area (Å²) in [6.07, 6.45) is 0. The van der Waals surface area contributed by atoms with Crippen LogP contribution >= 0.6 is 11.6 Å². The van der Waals surface area contributed by atoms with Gasteiger partial charge in [-0.25, -0.2) is 4.39 Å². The lowest BCUT2D eigenvalue weighted by Gasteiger charge is -2.09. The van der Waals surface area contributed by atoms with Gasteiger partial charge in [-0.15, -0.1) is 0 Å². The van der Waals surface area contributed by atoms with Gasteiger partial charge in [0, 0.05) is 12.1 Å². The van der Waals surface area contributed by atoms with Crippen LogP contribution in [0, 0.1) is 24.1 Å². The van der Waals surface area contributed by atoms with Crippen molar-refractivity contribution in [3.8, 4) is 6.07 Å². The summed E-state index contributed by atoms with van der Waals surface area (Å²) in [6, 6.07) is 10.7. The van der Waals surface area contributed by atoms with Gasteiger partial charge < -0.3 is 10.6 Å². The topological polar surface area (TPSA) is 82.0 Å². The highest BCUT2D eigenvalue weighted by Crippen LogP contribution is 2.22. The lowest BCUT2D eigenvalue weighted by Crippen LogP contribution is -2.35. The third kappa shape index (κ3) is 4.31. The molecule has 0 aromatic heterocycles. The highest BCUT2D eigenvalue weighted by molar-refractivity contribution is 6.41. The number of carbonyl (C=O) groups excluding carboxylic acids is 2. The van der Waals surface area contributed by atoms with Crippen molar-refractivity contribution in [2.75, 3.05) is 5.32 Å². The van der Waals surface area contributed by atoms with Gasteiger partial charge in [0.25, 0.3) is 0 Å². The average molecular weight is 346 g/mol. The minimum atomic E-state index is -0.921. The molecule has 0 aliphatic rings. The summed E-state index contributed by atoms with van der Waals surface area (Å²) in [5, 5.41) is 13.7. The smallest absolute Gasteiger partial charge is 0.313 e. The molecule has 2 rings (SSSR count).